The Balaban J connectivity index is 3.01. The minimum Gasteiger partial charge on any atom is -0.507 e. The topological polar surface area (TPSA) is 74.6 Å². The number of carbonyl (C=O) groups is 2. The number of aromatic hydroxyl groups is 1. The van der Waals surface area contributed by atoms with Crippen LogP contribution in [0.25, 0.3) is 6.08 Å². The van der Waals surface area contributed by atoms with Crippen molar-refractivity contribution in [2.45, 2.75) is 0 Å². The Morgan fingerprint density at radius 2 is 2.07 bits per heavy atom. The number of phenols is 1. The van der Waals surface area contributed by atoms with Crippen molar-refractivity contribution in [1.82, 2.24) is 0 Å². The number of carboxylic acids is 1. The van der Waals surface area contributed by atoms with E-state index in [9.17, 15) is 9.59 Å². The van der Waals surface area contributed by atoms with Crippen LogP contribution in [0.5, 0.6) is 5.75 Å². The predicted octanol–water partition coefficient (Wildman–Crippen LogP) is 1.30. The van der Waals surface area contributed by atoms with Crippen LogP contribution in [0.4, 0.5) is 0 Å². The molecule has 2 N–H and O–H groups in total. The van der Waals surface area contributed by atoms with Crippen LogP contribution in [-0.4, -0.2) is 22.5 Å². The average molecular weight is 192 g/mol. The van der Waals surface area contributed by atoms with Gasteiger partial charge in [0.15, 0.2) is 6.29 Å². The molecule has 1 rings (SSSR count). The number of carboxylic acid groups (broad SMARTS) is 1. The minimum atomic E-state index is -1.06. The molecule has 0 unspecified atom stereocenters. The zero-order chi connectivity index (χ0) is 10.6. The standard InChI is InChI=1S/C10H8O4/c11-6-8-5-7(1-3-9(8)12)2-4-10(13)14/h1-6,12H,(H,13,14)/b4-2+. The first-order valence-corrected chi connectivity index (χ1v) is 3.82. The van der Waals surface area contributed by atoms with Gasteiger partial charge in [0.05, 0.1) is 5.56 Å². The summed E-state index contributed by atoms with van der Waals surface area (Å²) in [5, 5.41) is 17.5. The van der Waals surface area contributed by atoms with E-state index >= 15 is 0 Å². The normalized spacial score (nSPS) is 10.3. The quantitative estimate of drug-likeness (QED) is 0.559. The fourth-order valence-corrected chi connectivity index (χ4v) is 0.939. The summed E-state index contributed by atoms with van der Waals surface area (Å²) >= 11 is 0. The zero-order valence-corrected chi connectivity index (χ0v) is 7.18. The van der Waals surface area contributed by atoms with Crippen LogP contribution in [0.3, 0.4) is 0 Å². The Hall–Kier alpha value is -2.10. The molecule has 0 aliphatic rings. The molecule has 0 amide bonds. The van der Waals surface area contributed by atoms with Crippen LogP contribution in [-0.2, 0) is 4.79 Å². The van der Waals surface area contributed by atoms with E-state index < -0.39 is 5.97 Å². The van der Waals surface area contributed by atoms with E-state index in [1.54, 1.807) is 0 Å². The molecule has 14 heavy (non-hydrogen) atoms. The van der Waals surface area contributed by atoms with E-state index in [4.69, 9.17) is 10.2 Å². The molecule has 0 heterocycles. The number of rotatable bonds is 3. The Morgan fingerprint density at radius 3 is 2.64 bits per heavy atom. The number of benzene rings is 1. The van der Waals surface area contributed by atoms with Gasteiger partial charge in [-0.3, -0.25) is 4.79 Å². The van der Waals surface area contributed by atoms with Gasteiger partial charge < -0.3 is 10.2 Å². The molecule has 0 saturated heterocycles. The molecule has 0 saturated carbocycles. The lowest BCUT2D eigenvalue weighted by Gasteiger charge is -1.97. The first kappa shape index (κ1) is 9.98. The first-order valence-electron chi connectivity index (χ1n) is 3.82. The van der Waals surface area contributed by atoms with Gasteiger partial charge in [-0.2, -0.15) is 0 Å². The van der Waals surface area contributed by atoms with Crippen LogP contribution in [0.2, 0.25) is 0 Å². The molecule has 4 nitrogen and oxygen atoms in total. The molecule has 72 valence electrons. The molecular weight excluding hydrogens is 184 g/mol. The number of hydrogen-bond acceptors (Lipinski definition) is 3. The summed E-state index contributed by atoms with van der Waals surface area (Å²) in [5.41, 5.74) is 0.685. The smallest absolute Gasteiger partial charge is 0.328 e. The third kappa shape index (κ3) is 2.45. The maximum atomic E-state index is 10.4. The van der Waals surface area contributed by atoms with Crippen LogP contribution >= 0.6 is 0 Å². The number of carbonyl (C=O) groups excluding carboxylic acids is 1. The second kappa shape index (κ2) is 4.23. The van der Waals surface area contributed by atoms with Crippen LogP contribution in [0.1, 0.15) is 15.9 Å². The van der Waals surface area contributed by atoms with Crippen molar-refractivity contribution in [3.63, 3.8) is 0 Å². The van der Waals surface area contributed by atoms with Crippen LogP contribution in [0, 0.1) is 0 Å². The number of aliphatic carboxylic acids is 1. The van der Waals surface area contributed by atoms with E-state index in [2.05, 4.69) is 0 Å². The number of aldehydes is 1. The Labute approximate surface area is 80.1 Å². The minimum absolute atomic E-state index is 0.118. The largest absolute Gasteiger partial charge is 0.507 e. The molecule has 4 heteroatoms. The summed E-state index contributed by atoms with van der Waals surface area (Å²) in [6, 6.07) is 4.26. The third-order valence-electron chi connectivity index (χ3n) is 1.60. The van der Waals surface area contributed by atoms with Gasteiger partial charge in [-0.1, -0.05) is 6.07 Å². The lowest BCUT2D eigenvalue weighted by molar-refractivity contribution is -0.131. The maximum Gasteiger partial charge on any atom is 0.328 e. The summed E-state index contributed by atoms with van der Waals surface area (Å²) in [6.07, 6.45) is 2.81. The van der Waals surface area contributed by atoms with Crippen molar-refractivity contribution in [3.8, 4) is 5.75 Å². The molecule has 0 atom stereocenters. The molecule has 0 aliphatic heterocycles. The lowest BCUT2D eigenvalue weighted by atomic mass is 10.1. The molecular formula is C10H8O4. The summed E-state index contributed by atoms with van der Waals surface area (Å²) < 4.78 is 0. The van der Waals surface area contributed by atoms with E-state index in [1.165, 1.54) is 24.3 Å². The SMILES string of the molecule is O=Cc1cc(/C=C/C(=O)O)ccc1O. The highest BCUT2D eigenvalue weighted by Gasteiger charge is 1.99. The van der Waals surface area contributed by atoms with Gasteiger partial charge in [-0.15, -0.1) is 0 Å². The van der Waals surface area contributed by atoms with Crippen molar-refractivity contribution in [3.05, 3.63) is 35.4 Å². The highest BCUT2D eigenvalue weighted by molar-refractivity contribution is 5.86. The fraction of sp³-hybridized carbons (Fsp3) is 0. The van der Waals surface area contributed by atoms with Gasteiger partial charge in [-0.05, 0) is 23.8 Å². The summed E-state index contributed by atoms with van der Waals surface area (Å²) in [4.78, 5) is 20.6. The monoisotopic (exact) mass is 192 g/mol. The first-order chi connectivity index (χ1) is 6.63. The number of phenolic OH excluding ortho intramolecular Hbond substituents is 1. The Kier molecular flexibility index (Phi) is 3.01. The summed E-state index contributed by atoms with van der Waals surface area (Å²) in [5.74, 6) is -1.18. The second-order valence-corrected chi connectivity index (χ2v) is 2.61. The molecule has 0 fully saturated rings. The summed E-state index contributed by atoms with van der Waals surface area (Å²) in [6.45, 7) is 0. The van der Waals surface area contributed by atoms with Crippen molar-refractivity contribution in [1.29, 1.82) is 0 Å². The molecule has 0 aromatic heterocycles. The fourth-order valence-electron chi connectivity index (χ4n) is 0.939. The lowest BCUT2D eigenvalue weighted by Crippen LogP contribution is -1.87. The maximum absolute atomic E-state index is 10.4. The van der Waals surface area contributed by atoms with E-state index in [-0.39, 0.29) is 11.3 Å². The van der Waals surface area contributed by atoms with Crippen LogP contribution in [0.15, 0.2) is 24.3 Å². The molecule has 0 spiro atoms. The Morgan fingerprint density at radius 1 is 1.36 bits per heavy atom. The van der Waals surface area contributed by atoms with E-state index in [0.717, 1.165) is 6.08 Å². The van der Waals surface area contributed by atoms with Gasteiger partial charge in [0.1, 0.15) is 5.75 Å². The second-order valence-electron chi connectivity index (χ2n) is 2.61. The van der Waals surface area contributed by atoms with E-state index in [0.29, 0.717) is 11.8 Å². The molecule has 1 aromatic rings. The zero-order valence-electron chi connectivity index (χ0n) is 7.18. The van der Waals surface area contributed by atoms with Crippen molar-refractivity contribution in [2.75, 3.05) is 0 Å². The predicted molar refractivity (Wildman–Crippen MR) is 50.2 cm³/mol. The van der Waals surface area contributed by atoms with Crippen LogP contribution < -0.4 is 0 Å². The van der Waals surface area contributed by atoms with Gasteiger partial charge >= 0.3 is 5.97 Å². The highest BCUT2D eigenvalue weighted by atomic mass is 16.4. The highest BCUT2D eigenvalue weighted by Crippen LogP contribution is 2.17. The Bertz CT molecular complexity index is 393. The summed E-state index contributed by atoms with van der Waals surface area (Å²) in [7, 11) is 0. The van der Waals surface area contributed by atoms with Crippen molar-refractivity contribution < 1.29 is 19.8 Å². The van der Waals surface area contributed by atoms with Gasteiger partial charge in [0.25, 0.3) is 0 Å². The van der Waals surface area contributed by atoms with Crippen molar-refractivity contribution in [2.24, 2.45) is 0 Å². The molecule has 0 radical (unpaired) electrons. The van der Waals surface area contributed by atoms with Gasteiger partial charge in [0, 0.05) is 6.08 Å². The molecule has 1 aromatic carbocycles. The number of hydrogen-bond donors (Lipinski definition) is 2. The van der Waals surface area contributed by atoms with Gasteiger partial charge in [-0.25, -0.2) is 4.79 Å². The third-order valence-corrected chi connectivity index (χ3v) is 1.60. The van der Waals surface area contributed by atoms with Gasteiger partial charge in [0.2, 0.25) is 0 Å². The van der Waals surface area contributed by atoms with Crippen molar-refractivity contribution >= 4 is 18.3 Å². The molecule has 0 bridgehead atoms. The van der Waals surface area contributed by atoms with E-state index in [1.807, 2.05) is 0 Å². The average Bonchev–Trinajstić information content (AvgIpc) is 2.16. The molecule has 0 aliphatic carbocycles.